The fraction of sp³-hybridized carbons (Fsp3) is 0.632. The van der Waals surface area contributed by atoms with Gasteiger partial charge in [0.2, 0.25) is 11.8 Å². The van der Waals surface area contributed by atoms with Crippen molar-refractivity contribution in [3.05, 3.63) is 18.5 Å². The molecule has 2 aliphatic rings. The Bertz CT molecular complexity index is 613. The summed E-state index contributed by atoms with van der Waals surface area (Å²) < 4.78 is 0. The summed E-state index contributed by atoms with van der Waals surface area (Å²) >= 11 is 0. The first-order chi connectivity index (χ1) is 12.1. The Kier molecular flexibility index (Phi) is 5.89. The molecule has 0 unspecified atom stereocenters. The summed E-state index contributed by atoms with van der Waals surface area (Å²) in [6.07, 6.45) is 10.5. The van der Waals surface area contributed by atoms with Crippen molar-refractivity contribution in [2.45, 2.75) is 57.9 Å². The van der Waals surface area contributed by atoms with Crippen LogP contribution in [-0.4, -0.2) is 47.4 Å². The van der Waals surface area contributed by atoms with Crippen LogP contribution in [0.2, 0.25) is 0 Å². The number of rotatable bonds is 4. The van der Waals surface area contributed by atoms with E-state index in [2.05, 4.69) is 15.2 Å². The first-order valence-corrected chi connectivity index (χ1v) is 9.41. The van der Waals surface area contributed by atoms with Gasteiger partial charge in [0.05, 0.1) is 17.6 Å². The van der Waals surface area contributed by atoms with Gasteiger partial charge in [0.25, 0.3) is 0 Å². The highest BCUT2D eigenvalue weighted by Crippen LogP contribution is 2.28. The Morgan fingerprint density at radius 2 is 1.92 bits per heavy atom. The van der Waals surface area contributed by atoms with E-state index in [1.807, 2.05) is 11.0 Å². The van der Waals surface area contributed by atoms with E-state index in [-0.39, 0.29) is 17.9 Å². The van der Waals surface area contributed by atoms with Gasteiger partial charge in [0.1, 0.15) is 0 Å². The van der Waals surface area contributed by atoms with Crippen molar-refractivity contribution < 1.29 is 9.59 Å². The quantitative estimate of drug-likeness (QED) is 0.912. The highest BCUT2D eigenvalue weighted by molar-refractivity contribution is 5.94. The zero-order chi connectivity index (χ0) is 17.6. The van der Waals surface area contributed by atoms with Crippen LogP contribution in [0.4, 0.5) is 11.4 Å². The standard InChI is InChI=1S/C19H28N4O2/c1-15(24)23-12-6-3-7-16(23)13-19(25)21-17-14-20-9-8-18(17)22-10-4-2-5-11-22/h8-9,14,16H,2-7,10-13H2,1H3,(H,21,25)/t16-/m1/s1. The number of aromatic nitrogens is 1. The second kappa shape index (κ2) is 8.32. The maximum Gasteiger partial charge on any atom is 0.226 e. The minimum Gasteiger partial charge on any atom is -0.370 e. The van der Waals surface area contributed by atoms with Crippen LogP contribution in [0, 0.1) is 0 Å². The van der Waals surface area contributed by atoms with E-state index in [1.165, 1.54) is 19.3 Å². The maximum atomic E-state index is 12.6. The molecule has 0 radical (unpaired) electrons. The number of carbonyl (C=O) groups excluding carboxylic acids is 2. The van der Waals surface area contributed by atoms with E-state index in [4.69, 9.17) is 0 Å². The molecule has 2 fully saturated rings. The smallest absolute Gasteiger partial charge is 0.226 e. The van der Waals surface area contributed by atoms with Gasteiger partial charge < -0.3 is 15.1 Å². The minimum absolute atomic E-state index is 0.0151. The van der Waals surface area contributed by atoms with Crippen LogP contribution in [0.3, 0.4) is 0 Å². The van der Waals surface area contributed by atoms with Crippen molar-refractivity contribution in [1.29, 1.82) is 0 Å². The van der Waals surface area contributed by atoms with Crippen molar-refractivity contribution >= 4 is 23.2 Å². The third kappa shape index (κ3) is 4.50. The molecular weight excluding hydrogens is 316 g/mol. The van der Waals surface area contributed by atoms with Crippen molar-refractivity contribution in [1.82, 2.24) is 9.88 Å². The molecule has 0 spiro atoms. The third-order valence-corrected chi connectivity index (χ3v) is 5.22. The molecule has 0 aromatic carbocycles. The highest BCUT2D eigenvalue weighted by atomic mass is 16.2. The number of hydrogen-bond donors (Lipinski definition) is 1. The summed E-state index contributed by atoms with van der Waals surface area (Å²) in [6.45, 7) is 4.40. The van der Waals surface area contributed by atoms with Gasteiger partial charge >= 0.3 is 0 Å². The lowest BCUT2D eigenvalue weighted by molar-refractivity contribution is -0.133. The third-order valence-electron chi connectivity index (χ3n) is 5.22. The Hall–Kier alpha value is -2.11. The second-order valence-corrected chi connectivity index (χ2v) is 7.05. The second-order valence-electron chi connectivity index (χ2n) is 7.05. The fourth-order valence-electron chi connectivity index (χ4n) is 3.94. The van der Waals surface area contributed by atoms with Gasteiger partial charge in [0, 0.05) is 45.2 Å². The first kappa shape index (κ1) is 17.7. The average molecular weight is 344 g/mol. The molecule has 6 heteroatoms. The van der Waals surface area contributed by atoms with Gasteiger partial charge in [-0.2, -0.15) is 0 Å². The monoisotopic (exact) mass is 344 g/mol. The number of amides is 2. The molecule has 2 amide bonds. The number of nitrogens with one attached hydrogen (secondary N) is 1. The summed E-state index contributed by atoms with van der Waals surface area (Å²) in [5, 5.41) is 3.03. The van der Waals surface area contributed by atoms with Crippen molar-refractivity contribution in [2.24, 2.45) is 0 Å². The number of nitrogens with zero attached hydrogens (tertiary/aromatic N) is 3. The van der Waals surface area contributed by atoms with Crippen LogP contribution in [0.15, 0.2) is 18.5 Å². The summed E-state index contributed by atoms with van der Waals surface area (Å²) in [5.41, 5.74) is 1.83. The van der Waals surface area contributed by atoms with E-state index in [0.717, 1.165) is 50.3 Å². The molecule has 0 saturated carbocycles. The van der Waals surface area contributed by atoms with Crippen LogP contribution in [-0.2, 0) is 9.59 Å². The van der Waals surface area contributed by atoms with Gasteiger partial charge in [0.15, 0.2) is 0 Å². The molecule has 0 aliphatic carbocycles. The van der Waals surface area contributed by atoms with Crippen LogP contribution in [0.1, 0.15) is 51.9 Å². The van der Waals surface area contributed by atoms with Crippen molar-refractivity contribution in [2.75, 3.05) is 29.9 Å². The molecule has 0 bridgehead atoms. The van der Waals surface area contributed by atoms with Crippen molar-refractivity contribution in [3.63, 3.8) is 0 Å². The van der Waals surface area contributed by atoms with Crippen LogP contribution >= 0.6 is 0 Å². The normalized spacial score (nSPS) is 21.1. The lowest BCUT2D eigenvalue weighted by Crippen LogP contribution is -2.44. The molecule has 2 aliphatic heterocycles. The van der Waals surface area contributed by atoms with E-state index < -0.39 is 0 Å². The van der Waals surface area contributed by atoms with E-state index >= 15 is 0 Å². The Morgan fingerprint density at radius 3 is 2.68 bits per heavy atom. The molecule has 3 rings (SSSR count). The molecule has 1 N–H and O–H groups in total. The van der Waals surface area contributed by atoms with Gasteiger partial charge in [-0.1, -0.05) is 0 Å². The molecule has 6 nitrogen and oxygen atoms in total. The van der Waals surface area contributed by atoms with Crippen LogP contribution < -0.4 is 10.2 Å². The van der Waals surface area contributed by atoms with E-state index in [1.54, 1.807) is 19.3 Å². The lowest BCUT2D eigenvalue weighted by atomic mass is 9.99. The zero-order valence-corrected chi connectivity index (χ0v) is 15.0. The number of anilines is 2. The Balaban J connectivity index is 1.65. The van der Waals surface area contributed by atoms with Gasteiger partial charge in [-0.25, -0.2) is 0 Å². The first-order valence-electron chi connectivity index (χ1n) is 9.41. The highest BCUT2D eigenvalue weighted by Gasteiger charge is 2.27. The fourth-order valence-corrected chi connectivity index (χ4v) is 3.94. The van der Waals surface area contributed by atoms with Crippen LogP contribution in [0.25, 0.3) is 0 Å². The number of pyridine rings is 1. The summed E-state index contributed by atoms with van der Waals surface area (Å²) in [7, 11) is 0. The SMILES string of the molecule is CC(=O)N1CCCC[C@@H]1CC(=O)Nc1cnccc1N1CCCCC1. The predicted molar refractivity (Wildman–Crippen MR) is 98.6 cm³/mol. The van der Waals surface area contributed by atoms with Crippen LogP contribution in [0.5, 0.6) is 0 Å². The topological polar surface area (TPSA) is 65.5 Å². The minimum atomic E-state index is -0.0376. The summed E-state index contributed by atoms with van der Waals surface area (Å²) in [5.74, 6) is 0.0253. The van der Waals surface area contributed by atoms with Gasteiger partial charge in [-0.05, 0) is 44.6 Å². The van der Waals surface area contributed by atoms with Gasteiger partial charge in [-0.15, -0.1) is 0 Å². The number of carbonyl (C=O) groups is 2. The molecule has 25 heavy (non-hydrogen) atoms. The largest absolute Gasteiger partial charge is 0.370 e. The molecule has 1 atom stereocenters. The van der Waals surface area contributed by atoms with Gasteiger partial charge in [-0.3, -0.25) is 14.6 Å². The zero-order valence-electron chi connectivity index (χ0n) is 15.0. The van der Waals surface area contributed by atoms with E-state index in [9.17, 15) is 9.59 Å². The number of piperidine rings is 2. The van der Waals surface area contributed by atoms with E-state index in [0.29, 0.717) is 6.42 Å². The molecule has 136 valence electrons. The molecule has 1 aromatic rings. The summed E-state index contributed by atoms with van der Waals surface area (Å²) in [4.78, 5) is 32.7. The lowest BCUT2D eigenvalue weighted by Gasteiger charge is -2.35. The molecule has 2 saturated heterocycles. The Morgan fingerprint density at radius 1 is 1.16 bits per heavy atom. The molecule has 3 heterocycles. The molecular formula is C19H28N4O2. The summed E-state index contributed by atoms with van der Waals surface area (Å²) in [6, 6.07) is 1.99. The maximum absolute atomic E-state index is 12.6. The average Bonchev–Trinajstić information content (AvgIpc) is 2.63. The predicted octanol–water partition coefficient (Wildman–Crippen LogP) is 2.80. The Labute approximate surface area is 149 Å². The van der Waals surface area contributed by atoms with Crippen molar-refractivity contribution in [3.8, 4) is 0 Å². The number of hydrogen-bond acceptors (Lipinski definition) is 4. The molecule has 1 aromatic heterocycles. The number of likely N-dealkylation sites (tertiary alicyclic amines) is 1.